The van der Waals surface area contributed by atoms with Crippen LogP contribution >= 0.6 is 0 Å². The van der Waals surface area contributed by atoms with E-state index in [1.165, 1.54) is 14.0 Å². The van der Waals surface area contributed by atoms with Crippen molar-refractivity contribution in [3.05, 3.63) is 80.7 Å². The standard InChI is InChI=1S/C30H36N4O5/c1-19(2)12-13-23(22-10-8-7-9-11-22)17-34-27(25-15-14-24(39-25)18-38-21(5)35)26-28(31-34)33(16-20(3)4)30(37)32(6)29(26)36/h7-11,13-15,19-20H,12,16-18H2,1-6H3/b23-13+. The van der Waals surface area contributed by atoms with E-state index in [2.05, 4.69) is 19.9 Å². The summed E-state index contributed by atoms with van der Waals surface area (Å²) in [7, 11) is 1.48. The Hall–Kier alpha value is -4.14. The Bertz CT molecular complexity index is 1620. The highest BCUT2D eigenvalue weighted by Gasteiger charge is 2.25. The minimum absolute atomic E-state index is 0.0268. The Morgan fingerprint density at radius 3 is 2.41 bits per heavy atom. The van der Waals surface area contributed by atoms with Gasteiger partial charge in [0, 0.05) is 20.5 Å². The zero-order valence-corrected chi connectivity index (χ0v) is 23.4. The van der Waals surface area contributed by atoms with Crippen molar-refractivity contribution >= 4 is 22.6 Å². The number of carbonyl (C=O) groups is 1. The molecule has 1 aromatic carbocycles. The quantitative estimate of drug-likeness (QED) is 0.266. The first-order valence-electron chi connectivity index (χ1n) is 13.2. The molecule has 0 saturated carbocycles. The number of allylic oxidation sites excluding steroid dienone is 2. The first kappa shape index (κ1) is 27.9. The van der Waals surface area contributed by atoms with Crippen molar-refractivity contribution in [3.63, 3.8) is 0 Å². The van der Waals surface area contributed by atoms with Crippen molar-refractivity contribution in [2.24, 2.45) is 18.9 Å². The van der Waals surface area contributed by atoms with Crippen molar-refractivity contribution in [2.45, 2.75) is 60.7 Å². The zero-order valence-electron chi connectivity index (χ0n) is 23.4. The van der Waals surface area contributed by atoms with Gasteiger partial charge in [-0.15, -0.1) is 0 Å². The van der Waals surface area contributed by atoms with Crippen LogP contribution in [0.1, 0.15) is 52.4 Å². The molecule has 0 aliphatic rings. The van der Waals surface area contributed by atoms with Gasteiger partial charge < -0.3 is 9.15 Å². The van der Waals surface area contributed by atoms with Gasteiger partial charge in [-0.05, 0) is 41.5 Å². The monoisotopic (exact) mass is 532 g/mol. The van der Waals surface area contributed by atoms with Gasteiger partial charge in [-0.25, -0.2) is 4.79 Å². The molecule has 4 aromatic rings. The zero-order chi connectivity index (χ0) is 28.3. The minimum atomic E-state index is -0.443. The SMILES string of the molecule is CC(=O)OCc1ccc(-c2c3c(=O)n(C)c(=O)n(CC(C)C)c3nn2C/C(=C\CC(C)C)c2ccccc2)o1. The lowest BCUT2D eigenvalue weighted by atomic mass is 10.0. The van der Waals surface area contributed by atoms with E-state index in [1.807, 2.05) is 44.2 Å². The Kier molecular flexibility index (Phi) is 8.38. The molecule has 0 aliphatic heterocycles. The fourth-order valence-electron chi connectivity index (χ4n) is 4.48. The number of esters is 1. The lowest BCUT2D eigenvalue weighted by Gasteiger charge is -2.12. The maximum absolute atomic E-state index is 13.6. The lowest BCUT2D eigenvalue weighted by molar-refractivity contribution is -0.142. The van der Waals surface area contributed by atoms with E-state index in [0.29, 0.717) is 47.3 Å². The summed E-state index contributed by atoms with van der Waals surface area (Å²) < 4.78 is 15.6. The Labute approximate surface area is 227 Å². The van der Waals surface area contributed by atoms with Crippen molar-refractivity contribution in [1.82, 2.24) is 18.9 Å². The summed E-state index contributed by atoms with van der Waals surface area (Å²) in [5.41, 5.74) is 2.03. The minimum Gasteiger partial charge on any atom is -0.458 e. The van der Waals surface area contributed by atoms with Gasteiger partial charge in [-0.3, -0.25) is 23.4 Å². The van der Waals surface area contributed by atoms with Gasteiger partial charge in [-0.2, -0.15) is 5.10 Å². The van der Waals surface area contributed by atoms with E-state index in [-0.39, 0.29) is 12.5 Å². The van der Waals surface area contributed by atoms with Crippen LogP contribution in [0.5, 0.6) is 0 Å². The smallest absolute Gasteiger partial charge is 0.332 e. The third-order valence-electron chi connectivity index (χ3n) is 6.39. The molecule has 0 N–H and O–H groups in total. The molecule has 3 heterocycles. The topological polar surface area (TPSA) is 101 Å². The number of nitrogens with zero attached hydrogens (tertiary/aromatic N) is 4. The fraction of sp³-hybridized carbons (Fsp3) is 0.400. The number of carbonyl (C=O) groups excluding carboxylic acids is 1. The molecule has 0 amide bonds. The Balaban J connectivity index is 1.97. The highest BCUT2D eigenvalue weighted by molar-refractivity contribution is 5.89. The molecule has 0 fully saturated rings. The van der Waals surface area contributed by atoms with Crippen LogP contribution in [-0.4, -0.2) is 24.9 Å². The van der Waals surface area contributed by atoms with Crippen LogP contribution in [0, 0.1) is 11.8 Å². The fourth-order valence-corrected chi connectivity index (χ4v) is 4.48. The maximum Gasteiger partial charge on any atom is 0.332 e. The molecule has 9 nitrogen and oxygen atoms in total. The summed E-state index contributed by atoms with van der Waals surface area (Å²) in [6, 6.07) is 13.5. The molecule has 0 bridgehead atoms. The van der Waals surface area contributed by atoms with E-state index in [9.17, 15) is 14.4 Å². The molecule has 39 heavy (non-hydrogen) atoms. The predicted molar refractivity (Wildman–Crippen MR) is 151 cm³/mol. The average molecular weight is 533 g/mol. The van der Waals surface area contributed by atoms with Gasteiger partial charge in [0.05, 0.1) is 6.54 Å². The second-order valence-electron chi connectivity index (χ2n) is 10.6. The third-order valence-corrected chi connectivity index (χ3v) is 6.39. The van der Waals surface area contributed by atoms with Crippen molar-refractivity contribution in [1.29, 1.82) is 0 Å². The van der Waals surface area contributed by atoms with Crippen molar-refractivity contribution < 1.29 is 13.9 Å². The van der Waals surface area contributed by atoms with Gasteiger partial charge >= 0.3 is 11.7 Å². The van der Waals surface area contributed by atoms with Crippen LogP contribution in [0.25, 0.3) is 28.1 Å². The van der Waals surface area contributed by atoms with Crippen molar-refractivity contribution in [3.8, 4) is 11.5 Å². The van der Waals surface area contributed by atoms with Gasteiger partial charge in [-0.1, -0.05) is 64.1 Å². The molecule has 0 aliphatic carbocycles. The number of ether oxygens (including phenoxy) is 1. The first-order valence-corrected chi connectivity index (χ1v) is 13.2. The van der Waals surface area contributed by atoms with E-state index in [4.69, 9.17) is 14.3 Å². The Morgan fingerprint density at radius 1 is 1.05 bits per heavy atom. The molecule has 0 saturated heterocycles. The summed E-state index contributed by atoms with van der Waals surface area (Å²) in [4.78, 5) is 38.0. The summed E-state index contributed by atoms with van der Waals surface area (Å²) in [6.07, 6.45) is 3.07. The highest BCUT2D eigenvalue weighted by atomic mass is 16.5. The van der Waals surface area contributed by atoms with Crippen LogP contribution in [0.15, 0.2) is 62.5 Å². The number of rotatable bonds is 10. The number of benzene rings is 1. The van der Waals surface area contributed by atoms with Crippen LogP contribution < -0.4 is 11.2 Å². The largest absolute Gasteiger partial charge is 0.458 e. The number of fused-ring (bicyclic) bond motifs is 1. The molecule has 206 valence electrons. The van der Waals surface area contributed by atoms with E-state index < -0.39 is 17.2 Å². The second kappa shape index (κ2) is 11.7. The van der Waals surface area contributed by atoms with Gasteiger partial charge in [0.1, 0.15) is 23.4 Å². The van der Waals surface area contributed by atoms with Gasteiger partial charge in [0.15, 0.2) is 11.4 Å². The molecule has 0 spiro atoms. The van der Waals surface area contributed by atoms with E-state index >= 15 is 0 Å². The maximum atomic E-state index is 13.6. The summed E-state index contributed by atoms with van der Waals surface area (Å²) in [6.45, 7) is 10.4. The second-order valence-corrected chi connectivity index (χ2v) is 10.6. The summed E-state index contributed by atoms with van der Waals surface area (Å²) in [5.74, 6) is 1.03. The Morgan fingerprint density at radius 2 is 1.77 bits per heavy atom. The van der Waals surface area contributed by atoms with Crippen LogP contribution in [0.4, 0.5) is 0 Å². The molecule has 9 heteroatoms. The number of aromatic nitrogens is 4. The van der Waals surface area contributed by atoms with Crippen LogP contribution in [0.2, 0.25) is 0 Å². The molecule has 4 rings (SSSR count). The molecular weight excluding hydrogens is 496 g/mol. The number of hydrogen-bond donors (Lipinski definition) is 0. The summed E-state index contributed by atoms with van der Waals surface area (Å²) >= 11 is 0. The normalized spacial score (nSPS) is 12.2. The lowest BCUT2D eigenvalue weighted by Crippen LogP contribution is -2.38. The number of hydrogen-bond acceptors (Lipinski definition) is 6. The van der Waals surface area contributed by atoms with Crippen LogP contribution in [0.3, 0.4) is 0 Å². The predicted octanol–water partition coefficient (Wildman–Crippen LogP) is 5.01. The first-order chi connectivity index (χ1) is 18.6. The van der Waals surface area contributed by atoms with Gasteiger partial charge in [0.2, 0.25) is 0 Å². The van der Waals surface area contributed by atoms with E-state index in [1.54, 1.807) is 21.4 Å². The number of furan rings is 1. The summed E-state index contributed by atoms with van der Waals surface area (Å²) in [5, 5.41) is 5.17. The van der Waals surface area contributed by atoms with Crippen molar-refractivity contribution in [2.75, 3.05) is 0 Å². The molecule has 0 atom stereocenters. The van der Waals surface area contributed by atoms with Gasteiger partial charge in [0.25, 0.3) is 5.56 Å². The molecule has 0 unspecified atom stereocenters. The third kappa shape index (κ3) is 6.13. The molecule has 3 aromatic heterocycles. The molecule has 0 radical (unpaired) electrons. The average Bonchev–Trinajstić information content (AvgIpc) is 3.51. The highest BCUT2D eigenvalue weighted by Crippen LogP contribution is 2.31. The molecular formula is C30H36N4O5. The van der Waals surface area contributed by atoms with Crippen LogP contribution in [-0.2, 0) is 36.3 Å². The van der Waals surface area contributed by atoms with E-state index in [0.717, 1.165) is 22.1 Å².